The molecule has 0 spiro atoms. The number of H-pyrrole nitrogens is 1. The third-order valence-corrected chi connectivity index (χ3v) is 2.91. The van der Waals surface area contributed by atoms with Crippen molar-refractivity contribution in [1.82, 2.24) is 4.98 Å². The number of fused-ring (bicyclic) bond motifs is 1. The van der Waals surface area contributed by atoms with E-state index in [9.17, 15) is 9.18 Å². The fraction of sp³-hybridized carbons (Fsp3) is 0. The van der Waals surface area contributed by atoms with Crippen LogP contribution in [0.3, 0.4) is 0 Å². The van der Waals surface area contributed by atoms with Crippen molar-refractivity contribution in [3.63, 3.8) is 0 Å². The normalized spacial score (nSPS) is 10.6. The zero-order valence-electron chi connectivity index (χ0n) is 9.98. The fourth-order valence-corrected chi connectivity index (χ4v) is 2.04. The molecule has 4 heteroatoms. The molecule has 19 heavy (non-hydrogen) atoms. The quantitative estimate of drug-likeness (QED) is 0.721. The minimum absolute atomic E-state index is 0.265. The van der Waals surface area contributed by atoms with Crippen LogP contribution >= 0.6 is 0 Å². The van der Waals surface area contributed by atoms with Gasteiger partial charge in [0.25, 0.3) is 5.91 Å². The van der Waals surface area contributed by atoms with Gasteiger partial charge in [0.1, 0.15) is 5.82 Å². The Morgan fingerprint density at radius 3 is 2.79 bits per heavy atom. The monoisotopic (exact) mass is 254 g/mol. The molecule has 0 aliphatic rings. The van der Waals surface area contributed by atoms with Gasteiger partial charge in [0, 0.05) is 17.3 Å². The maximum absolute atomic E-state index is 13.1. The molecule has 0 fully saturated rings. The summed E-state index contributed by atoms with van der Waals surface area (Å²) in [4.78, 5) is 15.2. The van der Waals surface area contributed by atoms with Gasteiger partial charge in [0.2, 0.25) is 0 Å². The summed E-state index contributed by atoms with van der Waals surface area (Å²) >= 11 is 0. The van der Waals surface area contributed by atoms with E-state index < -0.39 is 0 Å². The van der Waals surface area contributed by atoms with E-state index >= 15 is 0 Å². The number of halogens is 1. The van der Waals surface area contributed by atoms with E-state index in [0.717, 1.165) is 10.9 Å². The highest BCUT2D eigenvalue weighted by Gasteiger charge is 2.10. The summed E-state index contributed by atoms with van der Waals surface area (Å²) in [6.07, 6.45) is 1.78. The molecule has 3 nitrogen and oxygen atoms in total. The Kier molecular flexibility index (Phi) is 2.76. The highest BCUT2D eigenvalue weighted by Crippen LogP contribution is 2.18. The molecule has 0 aliphatic heterocycles. The van der Waals surface area contributed by atoms with E-state index in [4.69, 9.17) is 0 Å². The molecule has 0 bridgehead atoms. The molecule has 3 rings (SSSR count). The Morgan fingerprint density at radius 1 is 1.11 bits per heavy atom. The van der Waals surface area contributed by atoms with Gasteiger partial charge in [-0.3, -0.25) is 4.79 Å². The third-order valence-electron chi connectivity index (χ3n) is 2.91. The minimum Gasteiger partial charge on any atom is -0.361 e. The molecule has 0 saturated carbocycles. The number of hydrogen-bond acceptors (Lipinski definition) is 1. The van der Waals surface area contributed by atoms with Crippen molar-refractivity contribution in [2.45, 2.75) is 0 Å². The maximum Gasteiger partial charge on any atom is 0.257 e. The number of benzene rings is 2. The van der Waals surface area contributed by atoms with Gasteiger partial charge in [-0.05, 0) is 30.3 Å². The van der Waals surface area contributed by atoms with E-state index in [-0.39, 0.29) is 11.7 Å². The van der Waals surface area contributed by atoms with Crippen LogP contribution in [0.1, 0.15) is 10.4 Å². The summed E-state index contributed by atoms with van der Waals surface area (Å²) in [6, 6.07) is 13.2. The second-order valence-corrected chi connectivity index (χ2v) is 4.21. The van der Waals surface area contributed by atoms with Crippen LogP contribution in [0.4, 0.5) is 10.1 Å². The Morgan fingerprint density at radius 2 is 1.95 bits per heavy atom. The predicted octanol–water partition coefficient (Wildman–Crippen LogP) is 3.56. The number of nitrogens with one attached hydrogen (secondary N) is 2. The smallest absolute Gasteiger partial charge is 0.257 e. The second-order valence-electron chi connectivity index (χ2n) is 4.21. The molecule has 2 aromatic carbocycles. The van der Waals surface area contributed by atoms with Crippen molar-refractivity contribution in [1.29, 1.82) is 0 Å². The lowest BCUT2D eigenvalue weighted by Gasteiger charge is -2.06. The molecular formula is C15H11FN2O. The molecule has 0 atom stereocenters. The number of aromatic amines is 1. The Hall–Kier alpha value is -2.62. The van der Waals surface area contributed by atoms with Crippen LogP contribution in [0.2, 0.25) is 0 Å². The SMILES string of the molecule is O=C(Nc1cccc(F)c1)c1cccc2cc[nH]c12. The Balaban J connectivity index is 1.94. The molecule has 0 radical (unpaired) electrons. The lowest BCUT2D eigenvalue weighted by Crippen LogP contribution is -2.12. The first-order valence-electron chi connectivity index (χ1n) is 5.87. The molecule has 3 aromatic rings. The summed E-state index contributed by atoms with van der Waals surface area (Å²) in [5.41, 5.74) is 1.75. The number of anilines is 1. The van der Waals surface area contributed by atoms with E-state index in [2.05, 4.69) is 10.3 Å². The van der Waals surface area contributed by atoms with Crippen molar-refractivity contribution in [2.75, 3.05) is 5.32 Å². The number of carbonyl (C=O) groups is 1. The molecule has 0 saturated heterocycles. The minimum atomic E-state index is -0.379. The van der Waals surface area contributed by atoms with Crippen LogP contribution in [0.5, 0.6) is 0 Å². The van der Waals surface area contributed by atoms with Gasteiger partial charge in [-0.1, -0.05) is 18.2 Å². The summed E-state index contributed by atoms with van der Waals surface area (Å²) in [5, 5.41) is 3.65. The van der Waals surface area contributed by atoms with Gasteiger partial charge in [-0.25, -0.2) is 4.39 Å². The highest BCUT2D eigenvalue weighted by molar-refractivity contribution is 6.11. The van der Waals surface area contributed by atoms with Crippen LogP contribution in [0, 0.1) is 5.82 Å². The average Bonchev–Trinajstić information content (AvgIpc) is 2.86. The Bertz CT molecular complexity index is 748. The first-order valence-corrected chi connectivity index (χ1v) is 5.87. The molecule has 1 heterocycles. The molecular weight excluding hydrogens is 243 g/mol. The first-order chi connectivity index (χ1) is 9.24. The Labute approximate surface area is 109 Å². The molecule has 94 valence electrons. The van der Waals surface area contributed by atoms with Gasteiger partial charge >= 0.3 is 0 Å². The van der Waals surface area contributed by atoms with E-state index in [1.165, 1.54) is 12.1 Å². The first kappa shape index (κ1) is 11.5. The lowest BCUT2D eigenvalue weighted by molar-refractivity contribution is 0.102. The van der Waals surface area contributed by atoms with Crippen molar-refractivity contribution in [3.05, 3.63) is 66.1 Å². The van der Waals surface area contributed by atoms with Crippen molar-refractivity contribution >= 4 is 22.5 Å². The molecule has 2 N–H and O–H groups in total. The molecule has 1 amide bonds. The standard InChI is InChI=1S/C15H11FN2O/c16-11-4-2-5-12(9-11)18-15(19)13-6-1-3-10-7-8-17-14(10)13/h1-9,17H,(H,18,19). The summed E-state index contributed by atoms with van der Waals surface area (Å²) < 4.78 is 13.1. The fourth-order valence-electron chi connectivity index (χ4n) is 2.04. The van der Waals surface area contributed by atoms with Crippen molar-refractivity contribution < 1.29 is 9.18 Å². The zero-order valence-corrected chi connectivity index (χ0v) is 9.98. The summed E-state index contributed by atoms with van der Waals surface area (Å²) in [6.45, 7) is 0. The van der Waals surface area contributed by atoms with Gasteiger partial charge in [0.05, 0.1) is 11.1 Å². The van der Waals surface area contributed by atoms with Gasteiger partial charge < -0.3 is 10.3 Å². The lowest BCUT2D eigenvalue weighted by atomic mass is 10.1. The van der Waals surface area contributed by atoms with Crippen molar-refractivity contribution in [3.8, 4) is 0 Å². The molecule has 0 aliphatic carbocycles. The average molecular weight is 254 g/mol. The van der Waals surface area contributed by atoms with Crippen LogP contribution < -0.4 is 5.32 Å². The van der Waals surface area contributed by atoms with Crippen LogP contribution in [0.25, 0.3) is 10.9 Å². The van der Waals surface area contributed by atoms with Crippen LogP contribution in [-0.4, -0.2) is 10.9 Å². The number of aromatic nitrogens is 1. The van der Waals surface area contributed by atoms with Crippen LogP contribution in [-0.2, 0) is 0 Å². The number of carbonyl (C=O) groups excluding carboxylic acids is 1. The largest absolute Gasteiger partial charge is 0.361 e. The second kappa shape index (κ2) is 4.57. The number of amides is 1. The van der Waals surface area contributed by atoms with E-state index in [1.54, 1.807) is 24.4 Å². The van der Waals surface area contributed by atoms with Gasteiger partial charge in [0.15, 0.2) is 0 Å². The van der Waals surface area contributed by atoms with Gasteiger partial charge in [-0.15, -0.1) is 0 Å². The van der Waals surface area contributed by atoms with Crippen LogP contribution in [0.15, 0.2) is 54.7 Å². The predicted molar refractivity (Wildman–Crippen MR) is 72.7 cm³/mol. The third kappa shape index (κ3) is 2.20. The maximum atomic E-state index is 13.1. The molecule has 1 aromatic heterocycles. The summed E-state index contributed by atoms with van der Waals surface area (Å²) in [5.74, 6) is -0.644. The number of hydrogen-bond donors (Lipinski definition) is 2. The number of rotatable bonds is 2. The molecule has 0 unspecified atom stereocenters. The van der Waals surface area contributed by atoms with Gasteiger partial charge in [-0.2, -0.15) is 0 Å². The van der Waals surface area contributed by atoms with Crippen molar-refractivity contribution in [2.24, 2.45) is 0 Å². The number of para-hydroxylation sites is 1. The summed E-state index contributed by atoms with van der Waals surface area (Å²) in [7, 11) is 0. The topological polar surface area (TPSA) is 44.9 Å². The highest BCUT2D eigenvalue weighted by atomic mass is 19.1. The van der Waals surface area contributed by atoms with E-state index in [0.29, 0.717) is 11.3 Å². The van der Waals surface area contributed by atoms with E-state index in [1.807, 2.05) is 18.2 Å². The zero-order chi connectivity index (χ0) is 13.2.